The first kappa shape index (κ1) is 9.65. The van der Waals surface area contributed by atoms with E-state index in [2.05, 4.69) is 24.1 Å². The zero-order valence-corrected chi connectivity index (χ0v) is 9.23. The predicted octanol–water partition coefficient (Wildman–Crippen LogP) is 1.87. The summed E-state index contributed by atoms with van der Waals surface area (Å²) < 4.78 is 0. The van der Waals surface area contributed by atoms with Gasteiger partial charge >= 0.3 is 0 Å². The van der Waals surface area contributed by atoms with Crippen LogP contribution in [0.2, 0.25) is 0 Å². The van der Waals surface area contributed by atoms with Gasteiger partial charge < -0.3 is 5.32 Å². The summed E-state index contributed by atoms with van der Waals surface area (Å²) in [6.45, 7) is 5.06. The fourth-order valence-corrected chi connectivity index (χ4v) is 2.58. The zero-order valence-electron chi connectivity index (χ0n) is 8.41. The van der Waals surface area contributed by atoms with Gasteiger partial charge in [-0.1, -0.05) is 13.8 Å². The standard InChI is InChI=1S/C10H14N2OS/c1-6(2)10-12-5-8(14-10)7-3-9(13)11-4-7/h5-7H,3-4H2,1-2H3,(H,11,13). The van der Waals surface area contributed by atoms with Crippen molar-refractivity contribution >= 4 is 17.2 Å². The first-order chi connectivity index (χ1) is 6.66. The average Bonchev–Trinajstić information content (AvgIpc) is 2.70. The van der Waals surface area contributed by atoms with Crippen LogP contribution in [0.4, 0.5) is 0 Å². The first-order valence-corrected chi connectivity index (χ1v) is 5.71. The number of rotatable bonds is 2. The van der Waals surface area contributed by atoms with E-state index >= 15 is 0 Å². The molecule has 0 saturated carbocycles. The van der Waals surface area contributed by atoms with E-state index in [-0.39, 0.29) is 5.91 Å². The largest absolute Gasteiger partial charge is 0.355 e. The van der Waals surface area contributed by atoms with Crippen LogP contribution in [0.15, 0.2) is 6.20 Å². The van der Waals surface area contributed by atoms with Crippen LogP contribution in [-0.4, -0.2) is 17.4 Å². The molecule has 1 aromatic heterocycles. The van der Waals surface area contributed by atoms with Crippen LogP contribution in [0.1, 0.15) is 42.0 Å². The number of carbonyl (C=O) groups is 1. The van der Waals surface area contributed by atoms with Gasteiger partial charge in [0.05, 0.1) is 5.01 Å². The summed E-state index contributed by atoms with van der Waals surface area (Å²) in [5.74, 6) is 1.00. The molecule has 0 radical (unpaired) electrons. The van der Waals surface area contributed by atoms with Crippen molar-refractivity contribution in [3.8, 4) is 0 Å². The third kappa shape index (κ3) is 1.80. The van der Waals surface area contributed by atoms with Gasteiger partial charge in [-0.25, -0.2) is 4.98 Å². The van der Waals surface area contributed by atoms with Gasteiger partial charge in [-0.05, 0) is 0 Å². The van der Waals surface area contributed by atoms with Crippen molar-refractivity contribution in [1.29, 1.82) is 0 Å². The van der Waals surface area contributed by atoms with Crippen LogP contribution in [-0.2, 0) is 4.79 Å². The lowest BCUT2D eigenvalue weighted by Crippen LogP contribution is -2.13. The number of nitrogens with one attached hydrogen (secondary N) is 1. The molecule has 1 aliphatic heterocycles. The van der Waals surface area contributed by atoms with Gasteiger partial charge in [-0.2, -0.15) is 0 Å². The topological polar surface area (TPSA) is 42.0 Å². The fourth-order valence-electron chi connectivity index (χ4n) is 1.56. The molecule has 1 amide bonds. The highest BCUT2D eigenvalue weighted by Crippen LogP contribution is 2.30. The van der Waals surface area contributed by atoms with Gasteiger partial charge in [0.25, 0.3) is 0 Å². The minimum atomic E-state index is 0.162. The smallest absolute Gasteiger partial charge is 0.220 e. The van der Waals surface area contributed by atoms with Crippen LogP contribution in [0.5, 0.6) is 0 Å². The van der Waals surface area contributed by atoms with Crippen molar-refractivity contribution < 1.29 is 4.79 Å². The van der Waals surface area contributed by atoms with Crippen LogP contribution in [0, 0.1) is 0 Å². The second kappa shape index (κ2) is 3.69. The Kier molecular flexibility index (Phi) is 2.54. The minimum Gasteiger partial charge on any atom is -0.355 e. The van der Waals surface area contributed by atoms with Gasteiger partial charge in [0.2, 0.25) is 5.91 Å². The molecule has 0 aromatic carbocycles. The van der Waals surface area contributed by atoms with Crippen molar-refractivity contribution in [3.05, 3.63) is 16.1 Å². The number of aromatic nitrogens is 1. The highest BCUT2D eigenvalue weighted by atomic mass is 32.1. The molecular weight excluding hydrogens is 196 g/mol. The molecule has 1 aromatic rings. The molecule has 0 spiro atoms. The third-order valence-corrected chi connectivity index (χ3v) is 3.88. The molecule has 1 aliphatic rings. The molecule has 76 valence electrons. The number of hydrogen-bond acceptors (Lipinski definition) is 3. The summed E-state index contributed by atoms with van der Waals surface area (Å²) >= 11 is 1.74. The van der Waals surface area contributed by atoms with Gasteiger partial charge in [0.15, 0.2) is 0 Å². The van der Waals surface area contributed by atoms with E-state index in [1.54, 1.807) is 11.3 Å². The maximum atomic E-state index is 11.0. The van der Waals surface area contributed by atoms with E-state index in [4.69, 9.17) is 0 Å². The van der Waals surface area contributed by atoms with Gasteiger partial charge in [0.1, 0.15) is 0 Å². The molecule has 2 rings (SSSR count). The highest BCUT2D eigenvalue weighted by molar-refractivity contribution is 7.11. The summed E-state index contributed by atoms with van der Waals surface area (Å²) in [6.07, 6.45) is 2.55. The molecule has 14 heavy (non-hydrogen) atoms. The second-order valence-corrected chi connectivity index (χ2v) is 5.05. The Morgan fingerprint density at radius 2 is 2.43 bits per heavy atom. The molecule has 1 atom stereocenters. The third-order valence-electron chi connectivity index (χ3n) is 2.42. The van der Waals surface area contributed by atoms with Crippen molar-refractivity contribution in [2.75, 3.05) is 6.54 Å². The van der Waals surface area contributed by atoms with E-state index < -0.39 is 0 Å². The van der Waals surface area contributed by atoms with Crippen molar-refractivity contribution in [2.24, 2.45) is 0 Å². The maximum Gasteiger partial charge on any atom is 0.220 e. The molecule has 1 unspecified atom stereocenters. The highest BCUT2D eigenvalue weighted by Gasteiger charge is 2.24. The fraction of sp³-hybridized carbons (Fsp3) is 0.600. The van der Waals surface area contributed by atoms with E-state index in [1.165, 1.54) is 9.88 Å². The monoisotopic (exact) mass is 210 g/mol. The van der Waals surface area contributed by atoms with Crippen LogP contribution >= 0.6 is 11.3 Å². The van der Waals surface area contributed by atoms with Crippen LogP contribution in [0.3, 0.4) is 0 Å². The zero-order chi connectivity index (χ0) is 10.1. The van der Waals surface area contributed by atoms with E-state index in [0.717, 1.165) is 6.54 Å². The number of carbonyl (C=O) groups excluding carboxylic acids is 1. The van der Waals surface area contributed by atoms with E-state index in [0.29, 0.717) is 18.3 Å². The molecule has 1 saturated heterocycles. The van der Waals surface area contributed by atoms with Gasteiger partial charge in [-0.3, -0.25) is 4.79 Å². The first-order valence-electron chi connectivity index (χ1n) is 4.89. The Morgan fingerprint density at radius 1 is 1.64 bits per heavy atom. The molecule has 3 nitrogen and oxygen atoms in total. The molecule has 1 N–H and O–H groups in total. The molecular formula is C10H14N2OS. The Morgan fingerprint density at radius 3 is 2.93 bits per heavy atom. The lowest BCUT2D eigenvalue weighted by molar-refractivity contribution is -0.119. The van der Waals surface area contributed by atoms with Crippen molar-refractivity contribution in [3.63, 3.8) is 0 Å². The lowest BCUT2D eigenvalue weighted by Gasteiger charge is -2.01. The summed E-state index contributed by atoms with van der Waals surface area (Å²) in [6, 6.07) is 0. The van der Waals surface area contributed by atoms with Crippen LogP contribution in [0.25, 0.3) is 0 Å². The Hall–Kier alpha value is -0.900. The summed E-state index contributed by atoms with van der Waals surface area (Å²) in [5, 5.41) is 4.01. The van der Waals surface area contributed by atoms with Gasteiger partial charge in [0, 0.05) is 35.9 Å². The van der Waals surface area contributed by atoms with E-state index in [9.17, 15) is 4.79 Å². The Balaban J connectivity index is 2.13. The SMILES string of the molecule is CC(C)c1ncc(C2CNC(=O)C2)s1. The number of amides is 1. The second-order valence-electron chi connectivity index (χ2n) is 3.96. The summed E-state index contributed by atoms with van der Waals surface area (Å²) in [4.78, 5) is 16.6. The van der Waals surface area contributed by atoms with Crippen LogP contribution < -0.4 is 5.32 Å². The number of hydrogen-bond donors (Lipinski definition) is 1. The Bertz CT molecular complexity index is 346. The normalized spacial score (nSPS) is 21.6. The summed E-state index contributed by atoms with van der Waals surface area (Å²) in [7, 11) is 0. The maximum absolute atomic E-state index is 11.0. The number of thiazole rings is 1. The average molecular weight is 210 g/mol. The molecule has 4 heteroatoms. The minimum absolute atomic E-state index is 0.162. The molecule has 2 heterocycles. The van der Waals surface area contributed by atoms with Crippen molar-refractivity contribution in [2.45, 2.75) is 32.1 Å². The number of nitrogens with zero attached hydrogens (tertiary/aromatic N) is 1. The predicted molar refractivity (Wildman–Crippen MR) is 56.6 cm³/mol. The quantitative estimate of drug-likeness (QED) is 0.809. The van der Waals surface area contributed by atoms with Crippen molar-refractivity contribution in [1.82, 2.24) is 10.3 Å². The summed E-state index contributed by atoms with van der Waals surface area (Å²) in [5.41, 5.74) is 0. The Labute approximate surface area is 87.6 Å². The molecule has 0 aliphatic carbocycles. The van der Waals surface area contributed by atoms with E-state index in [1.807, 2.05) is 6.20 Å². The molecule has 0 bridgehead atoms. The van der Waals surface area contributed by atoms with Gasteiger partial charge in [-0.15, -0.1) is 11.3 Å². The lowest BCUT2D eigenvalue weighted by atomic mass is 10.1. The molecule has 1 fully saturated rings.